The number of amides is 1. The van der Waals surface area contributed by atoms with E-state index in [0.717, 1.165) is 11.1 Å². The first-order chi connectivity index (χ1) is 13.0. The van der Waals surface area contributed by atoms with Crippen LogP contribution in [0.25, 0.3) is 11.4 Å². The van der Waals surface area contributed by atoms with Gasteiger partial charge in [0.1, 0.15) is 0 Å². The van der Waals surface area contributed by atoms with Crippen molar-refractivity contribution in [3.05, 3.63) is 64.1 Å². The second-order valence-electron chi connectivity index (χ2n) is 5.94. The van der Waals surface area contributed by atoms with Crippen molar-refractivity contribution >= 4 is 40.9 Å². The molecule has 1 heterocycles. The highest BCUT2D eigenvalue weighted by molar-refractivity contribution is 7.99. The van der Waals surface area contributed by atoms with E-state index in [0.29, 0.717) is 21.0 Å². The van der Waals surface area contributed by atoms with Crippen molar-refractivity contribution in [2.45, 2.75) is 18.1 Å². The third-order valence-corrected chi connectivity index (χ3v) is 5.73. The Labute approximate surface area is 172 Å². The number of hydrogen-bond donors (Lipinski definition) is 1. The fraction of sp³-hybridized carbons (Fsp3) is 0.211. The van der Waals surface area contributed by atoms with Crippen LogP contribution in [0.4, 0.5) is 0 Å². The van der Waals surface area contributed by atoms with Crippen molar-refractivity contribution < 1.29 is 4.79 Å². The maximum absolute atomic E-state index is 12.3. The normalized spacial score (nSPS) is 12.0. The van der Waals surface area contributed by atoms with E-state index < -0.39 is 0 Å². The largest absolute Gasteiger partial charge is 0.349 e. The molecule has 1 amide bonds. The molecule has 8 heteroatoms. The third kappa shape index (κ3) is 4.64. The van der Waals surface area contributed by atoms with Crippen LogP contribution in [-0.2, 0) is 11.8 Å². The van der Waals surface area contributed by atoms with Crippen LogP contribution < -0.4 is 5.32 Å². The van der Waals surface area contributed by atoms with E-state index in [1.54, 1.807) is 0 Å². The number of thioether (sulfide) groups is 1. The third-order valence-electron chi connectivity index (χ3n) is 4.03. The standard InChI is InChI=1S/C19H18Cl2N4OS/c1-12(13-7-3-5-9-15(13)20)22-17(26)11-27-19-24-23-18(25(19)2)14-8-4-6-10-16(14)21/h3-10,12H,11H2,1-2H3,(H,22,26). The van der Waals surface area contributed by atoms with Crippen LogP contribution in [0.15, 0.2) is 53.7 Å². The molecule has 0 fully saturated rings. The summed E-state index contributed by atoms with van der Waals surface area (Å²) in [5, 5.41) is 13.2. The molecule has 0 saturated heterocycles. The van der Waals surface area contributed by atoms with Gasteiger partial charge in [-0.05, 0) is 30.7 Å². The van der Waals surface area contributed by atoms with Gasteiger partial charge in [-0.3, -0.25) is 4.79 Å². The maximum atomic E-state index is 12.3. The average Bonchev–Trinajstić information content (AvgIpc) is 3.01. The Hall–Kier alpha value is -2.02. The van der Waals surface area contributed by atoms with Gasteiger partial charge < -0.3 is 9.88 Å². The van der Waals surface area contributed by atoms with Crippen LogP contribution in [0.5, 0.6) is 0 Å². The highest BCUT2D eigenvalue weighted by Gasteiger charge is 2.16. The average molecular weight is 421 g/mol. The van der Waals surface area contributed by atoms with E-state index in [9.17, 15) is 4.79 Å². The van der Waals surface area contributed by atoms with Gasteiger partial charge in [0.25, 0.3) is 0 Å². The Morgan fingerprint density at radius 1 is 1.11 bits per heavy atom. The number of aromatic nitrogens is 3. The van der Waals surface area contributed by atoms with Crippen molar-refractivity contribution in [2.75, 3.05) is 5.75 Å². The molecule has 0 saturated carbocycles. The SMILES string of the molecule is CC(NC(=O)CSc1nnc(-c2ccccc2Cl)n1C)c1ccccc1Cl. The summed E-state index contributed by atoms with van der Waals surface area (Å²) in [5.41, 5.74) is 1.69. The fourth-order valence-corrected chi connectivity index (χ4v) is 3.88. The van der Waals surface area contributed by atoms with Crippen molar-refractivity contribution in [2.24, 2.45) is 7.05 Å². The van der Waals surface area contributed by atoms with Crippen LogP contribution in [0.2, 0.25) is 10.0 Å². The van der Waals surface area contributed by atoms with E-state index in [1.165, 1.54) is 11.8 Å². The van der Waals surface area contributed by atoms with Crippen molar-refractivity contribution in [1.82, 2.24) is 20.1 Å². The number of halogens is 2. The topological polar surface area (TPSA) is 59.8 Å². The van der Waals surface area contributed by atoms with E-state index in [-0.39, 0.29) is 17.7 Å². The fourth-order valence-electron chi connectivity index (χ4n) is 2.63. The summed E-state index contributed by atoms with van der Waals surface area (Å²) in [4.78, 5) is 12.3. The molecular weight excluding hydrogens is 403 g/mol. The molecule has 0 spiro atoms. The van der Waals surface area contributed by atoms with Crippen LogP contribution in [0.3, 0.4) is 0 Å². The Bertz CT molecular complexity index is 960. The zero-order chi connectivity index (χ0) is 19.4. The van der Waals surface area contributed by atoms with Gasteiger partial charge in [0.05, 0.1) is 16.8 Å². The Morgan fingerprint density at radius 3 is 2.48 bits per heavy atom. The number of carbonyl (C=O) groups excluding carboxylic acids is 1. The van der Waals surface area contributed by atoms with Gasteiger partial charge >= 0.3 is 0 Å². The Morgan fingerprint density at radius 2 is 1.78 bits per heavy atom. The van der Waals surface area contributed by atoms with E-state index >= 15 is 0 Å². The van der Waals surface area contributed by atoms with Gasteiger partial charge in [0.2, 0.25) is 5.91 Å². The minimum absolute atomic E-state index is 0.102. The molecule has 0 aliphatic heterocycles. The number of hydrogen-bond acceptors (Lipinski definition) is 4. The molecule has 0 aliphatic carbocycles. The van der Waals surface area contributed by atoms with Crippen LogP contribution >= 0.6 is 35.0 Å². The van der Waals surface area contributed by atoms with E-state index in [4.69, 9.17) is 23.2 Å². The zero-order valence-electron chi connectivity index (χ0n) is 14.8. The lowest BCUT2D eigenvalue weighted by molar-refractivity contribution is -0.119. The first kappa shape index (κ1) is 19.7. The van der Waals surface area contributed by atoms with Crippen molar-refractivity contribution in [3.8, 4) is 11.4 Å². The predicted octanol–water partition coefficient (Wildman–Crippen LogP) is 4.76. The van der Waals surface area contributed by atoms with Gasteiger partial charge in [-0.25, -0.2) is 0 Å². The summed E-state index contributed by atoms with van der Waals surface area (Å²) < 4.78 is 1.83. The predicted molar refractivity (Wildman–Crippen MR) is 110 cm³/mol. The molecule has 140 valence electrons. The number of carbonyl (C=O) groups is 1. The number of nitrogens with one attached hydrogen (secondary N) is 1. The summed E-state index contributed by atoms with van der Waals surface area (Å²) in [6.07, 6.45) is 0. The quantitative estimate of drug-likeness (QED) is 0.583. The van der Waals surface area contributed by atoms with Gasteiger partial charge in [0, 0.05) is 17.6 Å². The van der Waals surface area contributed by atoms with Gasteiger partial charge in [-0.15, -0.1) is 10.2 Å². The first-order valence-corrected chi connectivity index (χ1v) is 10.0. The highest BCUT2D eigenvalue weighted by atomic mass is 35.5. The van der Waals surface area contributed by atoms with Crippen LogP contribution in [-0.4, -0.2) is 26.4 Å². The lowest BCUT2D eigenvalue weighted by Gasteiger charge is -2.15. The number of rotatable bonds is 6. The zero-order valence-corrected chi connectivity index (χ0v) is 17.1. The minimum atomic E-state index is -0.176. The second-order valence-corrected chi connectivity index (χ2v) is 7.70. The number of benzene rings is 2. The van der Waals surface area contributed by atoms with Crippen molar-refractivity contribution in [3.63, 3.8) is 0 Å². The van der Waals surface area contributed by atoms with E-state index in [1.807, 2.05) is 67.1 Å². The molecule has 0 radical (unpaired) electrons. The van der Waals surface area contributed by atoms with Crippen molar-refractivity contribution in [1.29, 1.82) is 0 Å². The summed E-state index contributed by atoms with van der Waals surface area (Å²) in [7, 11) is 1.85. The van der Waals surface area contributed by atoms with Crippen LogP contribution in [0, 0.1) is 0 Å². The Kier molecular flexibility index (Phi) is 6.42. The van der Waals surface area contributed by atoms with Gasteiger partial charge in [-0.2, -0.15) is 0 Å². The highest BCUT2D eigenvalue weighted by Crippen LogP contribution is 2.28. The monoisotopic (exact) mass is 420 g/mol. The molecule has 1 atom stereocenters. The lowest BCUT2D eigenvalue weighted by atomic mass is 10.1. The minimum Gasteiger partial charge on any atom is -0.349 e. The molecule has 3 rings (SSSR count). The first-order valence-electron chi connectivity index (χ1n) is 8.28. The number of nitrogens with zero attached hydrogens (tertiary/aromatic N) is 3. The maximum Gasteiger partial charge on any atom is 0.230 e. The molecular formula is C19H18Cl2N4OS. The summed E-state index contributed by atoms with van der Waals surface area (Å²) in [5.74, 6) is 0.783. The second kappa shape index (κ2) is 8.78. The molecule has 5 nitrogen and oxygen atoms in total. The van der Waals surface area contributed by atoms with Crippen LogP contribution in [0.1, 0.15) is 18.5 Å². The summed E-state index contributed by atoms with van der Waals surface area (Å²) in [6.45, 7) is 1.90. The van der Waals surface area contributed by atoms with Gasteiger partial charge in [-0.1, -0.05) is 65.3 Å². The smallest absolute Gasteiger partial charge is 0.230 e. The summed E-state index contributed by atoms with van der Waals surface area (Å²) in [6, 6.07) is 14.7. The Balaban J connectivity index is 1.63. The van der Waals surface area contributed by atoms with Gasteiger partial charge in [0.15, 0.2) is 11.0 Å². The molecule has 0 bridgehead atoms. The lowest BCUT2D eigenvalue weighted by Crippen LogP contribution is -2.28. The molecule has 3 aromatic rings. The molecule has 1 aromatic heterocycles. The summed E-state index contributed by atoms with van der Waals surface area (Å²) >= 11 is 13.7. The molecule has 1 unspecified atom stereocenters. The molecule has 1 N–H and O–H groups in total. The molecule has 27 heavy (non-hydrogen) atoms. The molecule has 2 aromatic carbocycles. The molecule has 0 aliphatic rings. The van der Waals surface area contributed by atoms with E-state index in [2.05, 4.69) is 15.5 Å².